The standard InChI is InChI=1S/C84H147N2O6P/c1-6-8-10-12-14-16-18-20-22-24-26-28-30-32-34-36-38-39-40-41-42-43-44-45-46-47-48-50-52-54-56-58-60-62-64-66-68-70-72-74-76-78-84(88)85-82(81-92-93(89,90)91-80-79-86(3,4)5)83(87)77-75-73-71-69-67-65-63-61-59-57-55-53-51-49-37-35-33-31-29-27-25-23-21-19-17-15-13-11-9-7-2/h8,10,14,16,20,22,26,28,32,34,38-39,41-42,44-45,47-48,52,54,58,60,64,66,82-83,87H,6-7,9,11-13,15,17-19,21,23-25,27,29-31,33,35-37,40,43,46,49-51,53,55-57,59,61-63,65,67-81H2,1-5H3,(H-,85,88,89,90)/p+1/b10-8-,16-14-,22-20-,28-26-,34-32-,39-38-,42-41-,45-44-,48-47-,54-52-,60-58-,66-64-. The molecule has 534 valence electrons. The molecule has 3 unspecified atom stereocenters. The summed E-state index contributed by atoms with van der Waals surface area (Å²) in [7, 11) is 1.59. The number of phosphoric ester groups is 1. The van der Waals surface area contributed by atoms with E-state index in [0.29, 0.717) is 23.9 Å². The van der Waals surface area contributed by atoms with Crippen LogP contribution in [0.15, 0.2) is 146 Å². The molecule has 0 aromatic carbocycles. The Hall–Kier alpha value is -3.62. The second kappa shape index (κ2) is 72.6. The Labute approximate surface area is 576 Å². The molecular weight excluding hydrogens is 1160 g/mol. The molecule has 0 aliphatic heterocycles. The molecule has 93 heavy (non-hydrogen) atoms. The maximum Gasteiger partial charge on any atom is 0.472 e. The molecule has 9 heteroatoms. The number of unbranched alkanes of at least 4 members (excludes halogenated alkanes) is 33. The molecule has 0 rings (SSSR count). The molecule has 3 atom stereocenters. The van der Waals surface area contributed by atoms with Crippen molar-refractivity contribution < 1.29 is 32.9 Å². The van der Waals surface area contributed by atoms with E-state index in [1.807, 2.05) is 21.1 Å². The number of carbonyl (C=O) groups excluding carboxylic acids is 1. The highest BCUT2D eigenvalue weighted by molar-refractivity contribution is 7.47. The summed E-state index contributed by atoms with van der Waals surface area (Å²) in [5, 5.41) is 14.2. The van der Waals surface area contributed by atoms with Gasteiger partial charge in [-0.1, -0.05) is 365 Å². The molecule has 0 aliphatic rings. The highest BCUT2D eigenvalue weighted by Crippen LogP contribution is 2.43. The summed E-state index contributed by atoms with van der Waals surface area (Å²) in [5.41, 5.74) is 0. The van der Waals surface area contributed by atoms with Crippen LogP contribution in [0.4, 0.5) is 0 Å². The van der Waals surface area contributed by atoms with Gasteiger partial charge in [0.25, 0.3) is 0 Å². The van der Waals surface area contributed by atoms with Crippen molar-refractivity contribution in [3.8, 4) is 0 Å². The fraction of sp³-hybridized carbons (Fsp3) is 0.702. The molecule has 0 aromatic rings. The third-order valence-corrected chi connectivity index (χ3v) is 17.8. The van der Waals surface area contributed by atoms with Crippen molar-refractivity contribution >= 4 is 13.7 Å². The largest absolute Gasteiger partial charge is 0.472 e. The fourth-order valence-corrected chi connectivity index (χ4v) is 11.7. The number of aliphatic hydroxyl groups is 1. The summed E-state index contributed by atoms with van der Waals surface area (Å²) in [5.74, 6) is -0.170. The van der Waals surface area contributed by atoms with E-state index in [9.17, 15) is 19.4 Å². The number of allylic oxidation sites excluding steroid dienone is 24. The Bertz CT molecular complexity index is 2030. The van der Waals surface area contributed by atoms with Gasteiger partial charge in [-0.3, -0.25) is 13.8 Å². The van der Waals surface area contributed by atoms with Crippen molar-refractivity contribution in [1.29, 1.82) is 0 Å². The number of nitrogens with zero attached hydrogens (tertiary/aromatic N) is 1. The minimum Gasteiger partial charge on any atom is -0.391 e. The van der Waals surface area contributed by atoms with E-state index in [2.05, 4.69) is 165 Å². The van der Waals surface area contributed by atoms with Crippen molar-refractivity contribution in [3.63, 3.8) is 0 Å². The monoisotopic (exact) mass is 1310 g/mol. The Balaban J connectivity index is 4.12. The Morgan fingerprint density at radius 3 is 0.946 bits per heavy atom. The van der Waals surface area contributed by atoms with Gasteiger partial charge in [-0.15, -0.1) is 0 Å². The average Bonchev–Trinajstić information content (AvgIpc) is 2.75. The predicted octanol–water partition coefficient (Wildman–Crippen LogP) is 25.5. The van der Waals surface area contributed by atoms with Crippen LogP contribution in [0.2, 0.25) is 0 Å². The molecule has 1 amide bonds. The zero-order chi connectivity index (χ0) is 67.6. The molecule has 8 nitrogen and oxygen atoms in total. The Morgan fingerprint density at radius 2 is 0.645 bits per heavy atom. The first-order valence-electron chi connectivity index (χ1n) is 38.7. The number of quaternary nitrogens is 1. The Kier molecular flexibility index (Phi) is 69.8. The van der Waals surface area contributed by atoms with Crippen LogP contribution in [-0.2, 0) is 18.4 Å². The third-order valence-electron chi connectivity index (χ3n) is 16.9. The van der Waals surface area contributed by atoms with Crippen LogP contribution in [0.1, 0.15) is 328 Å². The lowest BCUT2D eigenvalue weighted by molar-refractivity contribution is -0.870. The second-order valence-electron chi connectivity index (χ2n) is 27.0. The SMILES string of the molecule is CC/C=C\C/C=C\C/C=C\C/C=C\C/C=C\C/C=C\C/C=C\C/C=C\C/C=C\C/C=C\C/C=C\C/C=C\CCCCCCC(=O)NC(COP(=O)(O)OCC[N+](C)(C)C)C(O)CCCCCCCCCCCCCCCCCCCCCCCCCCCCCCCC. The van der Waals surface area contributed by atoms with Crippen LogP contribution < -0.4 is 5.32 Å². The van der Waals surface area contributed by atoms with E-state index >= 15 is 0 Å². The Morgan fingerprint density at radius 1 is 0.376 bits per heavy atom. The van der Waals surface area contributed by atoms with E-state index in [-0.39, 0.29) is 19.1 Å². The van der Waals surface area contributed by atoms with Crippen LogP contribution in [0, 0.1) is 0 Å². The van der Waals surface area contributed by atoms with Gasteiger partial charge < -0.3 is 19.8 Å². The van der Waals surface area contributed by atoms with Crippen molar-refractivity contribution in [2.45, 2.75) is 341 Å². The molecule has 0 saturated carbocycles. The maximum absolute atomic E-state index is 13.1. The summed E-state index contributed by atoms with van der Waals surface area (Å²) in [6, 6.07) is -0.788. The number of aliphatic hydroxyl groups excluding tert-OH is 1. The number of carbonyl (C=O) groups is 1. The summed E-state index contributed by atoms with van der Waals surface area (Å²) in [4.78, 5) is 23.5. The molecule has 0 saturated heterocycles. The van der Waals surface area contributed by atoms with Crippen LogP contribution in [0.5, 0.6) is 0 Å². The lowest BCUT2D eigenvalue weighted by Gasteiger charge is -2.26. The number of likely N-dealkylation sites (N-methyl/N-ethyl adjacent to an activating group) is 1. The first kappa shape index (κ1) is 89.4. The van der Waals surface area contributed by atoms with Gasteiger partial charge in [-0.2, -0.15) is 0 Å². The molecule has 3 N–H and O–H groups in total. The number of phosphoric acid groups is 1. The van der Waals surface area contributed by atoms with Gasteiger partial charge in [0.1, 0.15) is 13.2 Å². The third kappa shape index (κ3) is 75.6. The summed E-state index contributed by atoms with van der Waals surface area (Å²) in [6.45, 7) is 4.78. The van der Waals surface area contributed by atoms with Crippen LogP contribution >= 0.6 is 7.82 Å². The van der Waals surface area contributed by atoms with Gasteiger partial charge >= 0.3 is 7.82 Å². The summed E-state index contributed by atoms with van der Waals surface area (Å²) < 4.78 is 23.9. The quantitative estimate of drug-likeness (QED) is 0.0243. The van der Waals surface area contributed by atoms with E-state index in [0.717, 1.165) is 128 Å². The molecule has 0 aromatic heterocycles. The van der Waals surface area contributed by atoms with Crippen molar-refractivity contribution in [2.24, 2.45) is 0 Å². The number of rotatable bonds is 70. The average molecular weight is 1310 g/mol. The van der Waals surface area contributed by atoms with Gasteiger partial charge in [0.2, 0.25) is 5.91 Å². The summed E-state index contributed by atoms with van der Waals surface area (Å²) >= 11 is 0. The van der Waals surface area contributed by atoms with Crippen LogP contribution in [0.25, 0.3) is 0 Å². The lowest BCUT2D eigenvalue weighted by atomic mass is 10.0. The minimum atomic E-state index is -4.35. The second-order valence-corrected chi connectivity index (χ2v) is 28.5. The topological polar surface area (TPSA) is 105 Å². The van der Waals surface area contributed by atoms with E-state index in [1.54, 1.807) is 0 Å². The molecule has 0 radical (unpaired) electrons. The highest BCUT2D eigenvalue weighted by Gasteiger charge is 2.28. The van der Waals surface area contributed by atoms with Gasteiger partial charge in [-0.25, -0.2) is 4.57 Å². The predicted molar refractivity (Wildman–Crippen MR) is 410 cm³/mol. The first-order chi connectivity index (χ1) is 45.5. The van der Waals surface area contributed by atoms with Crippen molar-refractivity contribution in [1.82, 2.24) is 5.32 Å². The van der Waals surface area contributed by atoms with E-state index < -0.39 is 20.0 Å². The smallest absolute Gasteiger partial charge is 0.391 e. The van der Waals surface area contributed by atoms with Gasteiger partial charge in [0.15, 0.2) is 0 Å². The van der Waals surface area contributed by atoms with Gasteiger partial charge in [0.05, 0.1) is 39.9 Å². The number of amides is 1. The summed E-state index contributed by atoms with van der Waals surface area (Å²) in [6.07, 6.45) is 111. The number of nitrogens with one attached hydrogen (secondary N) is 1. The number of hydrogen-bond acceptors (Lipinski definition) is 5. The van der Waals surface area contributed by atoms with Crippen molar-refractivity contribution in [2.75, 3.05) is 40.9 Å². The van der Waals surface area contributed by atoms with Crippen molar-refractivity contribution in [3.05, 3.63) is 146 Å². The van der Waals surface area contributed by atoms with E-state index in [4.69, 9.17) is 9.05 Å². The molecule has 0 bridgehead atoms. The zero-order valence-corrected chi connectivity index (χ0v) is 62.1. The van der Waals surface area contributed by atoms with Gasteiger partial charge in [0, 0.05) is 6.42 Å². The molecule has 0 heterocycles. The molecule has 0 aliphatic carbocycles. The molecule has 0 spiro atoms. The molecular formula is C84H148N2O6P+. The minimum absolute atomic E-state index is 0.0626. The van der Waals surface area contributed by atoms with Crippen LogP contribution in [-0.4, -0.2) is 73.4 Å². The maximum atomic E-state index is 13.1. The normalized spacial score (nSPS) is 14.4. The highest BCUT2D eigenvalue weighted by atomic mass is 31.2. The fourth-order valence-electron chi connectivity index (χ4n) is 10.9. The zero-order valence-electron chi connectivity index (χ0n) is 61.2. The lowest BCUT2D eigenvalue weighted by Crippen LogP contribution is -2.46. The van der Waals surface area contributed by atoms with E-state index in [1.165, 1.54) is 173 Å². The van der Waals surface area contributed by atoms with Crippen LogP contribution in [0.3, 0.4) is 0 Å². The van der Waals surface area contributed by atoms with Gasteiger partial charge in [-0.05, 0) is 103 Å². The number of hydrogen-bond donors (Lipinski definition) is 3. The molecule has 0 fully saturated rings. The first-order valence-corrected chi connectivity index (χ1v) is 40.2.